The van der Waals surface area contributed by atoms with Crippen molar-refractivity contribution < 1.29 is 28.7 Å². The number of aliphatic hydroxyl groups excluding tert-OH is 1. The van der Waals surface area contributed by atoms with Crippen LogP contribution in [0.15, 0.2) is 58.6 Å². The van der Waals surface area contributed by atoms with E-state index in [0.717, 1.165) is 6.42 Å². The van der Waals surface area contributed by atoms with Gasteiger partial charge in [0.25, 0.3) is 5.78 Å². The van der Waals surface area contributed by atoms with Crippen molar-refractivity contribution in [1.29, 1.82) is 0 Å². The van der Waals surface area contributed by atoms with Crippen molar-refractivity contribution in [2.45, 2.75) is 26.3 Å². The number of ketones is 1. The third kappa shape index (κ3) is 4.24. The molecule has 1 fully saturated rings. The molecule has 1 N–H and O–H groups in total. The molecule has 0 aliphatic carbocycles. The number of rotatable bonds is 7. The zero-order valence-corrected chi connectivity index (χ0v) is 19.6. The molecule has 1 saturated heterocycles. The summed E-state index contributed by atoms with van der Waals surface area (Å²) >= 11 is 6.24. The third-order valence-electron chi connectivity index (χ3n) is 5.38. The number of halogens is 1. The molecule has 1 atom stereocenters. The summed E-state index contributed by atoms with van der Waals surface area (Å²) in [5.74, 6) is -0.429. The number of methoxy groups -OCH3 is 1. The zero-order chi connectivity index (χ0) is 24.4. The van der Waals surface area contributed by atoms with Crippen LogP contribution < -0.4 is 14.4 Å². The second-order valence-corrected chi connectivity index (χ2v) is 8.14. The van der Waals surface area contributed by atoms with E-state index in [-0.39, 0.29) is 27.7 Å². The molecule has 1 aromatic heterocycles. The second-order valence-electron chi connectivity index (χ2n) is 7.74. The molecule has 34 heavy (non-hydrogen) atoms. The molecule has 1 unspecified atom stereocenters. The van der Waals surface area contributed by atoms with Gasteiger partial charge in [0.2, 0.25) is 0 Å². The lowest BCUT2D eigenvalue weighted by Crippen LogP contribution is -2.29. The van der Waals surface area contributed by atoms with E-state index in [1.807, 2.05) is 6.92 Å². The average Bonchev–Trinajstić information content (AvgIpc) is 3.37. The highest BCUT2D eigenvalue weighted by atomic mass is 35.5. The number of carbonyl (C=O) groups is 2. The first-order chi connectivity index (χ1) is 16.3. The fourth-order valence-electron chi connectivity index (χ4n) is 3.81. The van der Waals surface area contributed by atoms with Crippen LogP contribution in [0, 0.1) is 6.92 Å². The number of ether oxygens (including phenoxy) is 2. The Morgan fingerprint density at radius 3 is 2.65 bits per heavy atom. The lowest BCUT2D eigenvalue weighted by atomic mass is 9.95. The van der Waals surface area contributed by atoms with Crippen LogP contribution in [0.5, 0.6) is 11.5 Å². The van der Waals surface area contributed by atoms with Gasteiger partial charge >= 0.3 is 5.91 Å². The Labute approximate surface area is 201 Å². The summed E-state index contributed by atoms with van der Waals surface area (Å²) in [5, 5.41) is 15.4. The quantitative estimate of drug-likeness (QED) is 0.285. The number of anilines is 1. The molecule has 0 bridgehead atoms. The minimum absolute atomic E-state index is 0.0977. The molecular formula is C25H23ClN2O6. The summed E-state index contributed by atoms with van der Waals surface area (Å²) in [4.78, 5) is 27.6. The lowest BCUT2D eigenvalue weighted by Gasteiger charge is -2.23. The van der Waals surface area contributed by atoms with Gasteiger partial charge in [0.15, 0.2) is 5.82 Å². The van der Waals surface area contributed by atoms with Gasteiger partial charge < -0.3 is 19.1 Å². The van der Waals surface area contributed by atoms with E-state index in [1.54, 1.807) is 49.4 Å². The molecule has 4 rings (SSSR count). The number of aromatic nitrogens is 1. The van der Waals surface area contributed by atoms with E-state index in [4.69, 9.17) is 25.6 Å². The molecule has 3 aromatic rings. The number of aliphatic hydroxyl groups is 1. The van der Waals surface area contributed by atoms with E-state index in [9.17, 15) is 14.7 Å². The van der Waals surface area contributed by atoms with E-state index in [2.05, 4.69) is 5.16 Å². The largest absolute Gasteiger partial charge is 0.507 e. The number of benzene rings is 2. The van der Waals surface area contributed by atoms with Crippen LogP contribution in [0.3, 0.4) is 0 Å². The third-order valence-corrected chi connectivity index (χ3v) is 5.67. The molecule has 1 amide bonds. The summed E-state index contributed by atoms with van der Waals surface area (Å²) in [6.45, 7) is 4.18. The van der Waals surface area contributed by atoms with Gasteiger partial charge in [-0.25, -0.2) is 0 Å². The standard InChI is InChI=1S/C25H23ClN2O6/c1-4-10-33-17-7-5-6-15(12-17)22-21(23(29)16-8-9-19(32-3)18(26)13-16)24(30)25(31)28(22)20-11-14(2)34-27-20/h5-9,11-13,22,29H,4,10H2,1-3H3/b23-21+. The van der Waals surface area contributed by atoms with Crippen LogP contribution in [-0.4, -0.2) is 35.7 Å². The summed E-state index contributed by atoms with van der Waals surface area (Å²) in [6, 6.07) is 12.2. The van der Waals surface area contributed by atoms with Crippen molar-refractivity contribution in [2.24, 2.45) is 0 Å². The molecule has 2 heterocycles. The van der Waals surface area contributed by atoms with E-state index in [0.29, 0.717) is 29.4 Å². The molecular weight excluding hydrogens is 460 g/mol. The average molecular weight is 483 g/mol. The molecule has 2 aromatic carbocycles. The topological polar surface area (TPSA) is 102 Å². The Morgan fingerprint density at radius 2 is 2.00 bits per heavy atom. The number of aryl methyl sites for hydroxylation is 1. The van der Waals surface area contributed by atoms with Crippen molar-refractivity contribution in [1.82, 2.24) is 5.16 Å². The first-order valence-electron chi connectivity index (χ1n) is 10.7. The summed E-state index contributed by atoms with van der Waals surface area (Å²) in [5.41, 5.74) is 0.734. The zero-order valence-electron chi connectivity index (χ0n) is 18.9. The van der Waals surface area contributed by atoms with Crippen LogP contribution in [0.25, 0.3) is 5.76 Å². The van der Waals surface area contributed by atoms with E-state index in [1.165, 1.54) is 18.1 Å². The van der Waals surface area contributed by atoms with Crippen molar-refractivity contribution in [2.75, 3.05) is 18.6 Å². The van der Waals surface area contributed by atoms with Crippen LogP contribution >= 0.6 is 11.6 Å². The SMILES string of the molecule is CCCOc1cccc(C2/C(=C(\O)c3ccc(OC)c(Cl)c3)C(=O)C(=O)N2c2cc(C)on2)c1. The summed E-state index contributed by atoms with van der Waals surface area (Å²) in [6.07, 6.45) is 0.819. The molecule has 9 heteroatoms. The number of amides is 1. The lowest BCUT2D eigenvalue weighted by molar-refractivity contribution is -0.132. The van der Waals surface area contributed by atoms with Gasteiger partial charge in [-0.2, -0.15) is 0 Å². The smallest absolute Gasteiger partial charge is 0.301 e. The van der Waals surface area contributed by atoms with Crippen LogP contribution in [-0.2, 0) is 9.59 Å². The van der Waals surface area contributed by atoms with Gasteiger partial charge in [-0.1, -0.05) is 35.8 Å². The maximum Gasteiger partial charge on any atom is 0.301 e. The Balaban J connectivity index is 1.90. The van der Waals surface area contributed by atoms with Gasteiger partial charge in [-0.3, -0.25) is 14.5 Å². The number of hydrogen-bond acceptors (Lipinski definition) is 7. The Hall–Kier alpha value is -3.78. The fourth-order valence-corrected chi connectivity index (χ4v) is 4.07. The predicted octanol–water partition coefficient (Wildman–Crippen LogP) is 5.06. The van der Waals surface area contributed by atoms with Gasteiger partial charge in [-0.15, -0.1) is 0 Å². The van der Waals surface area contributed by atoms with Crippen LogP contribution in [0.1, 0.15) is 36.3 Å². The predicted molar refractivity (Wildman–Crippen MR) is 126 cm³/mol. The van der Waals surface area contributed by atoms with Crippen LogP contribution in [0.2, 0.25) is 5.02 Å². The number of carbonyl (C=O) groups excluding carboxylic acids is 2. The van der Waals surface area contributed by atoms with Gasteiger partial charge in [-0.05, 0) is 49.2 Å². The van der Waals surface area contributed by atoms with E-state index < -0.39 is 17.7 Å². The Bertz CT molecular complexity index is 1280. The number of hydrogen-bond donors (Lipinski definition) is 1. The second kappa shape index (κ2) is 9.61. The number of nitrogens with zero attached hydrogens (tertiary/aromatic N) is 2. The van der Waals surface area contributed by atoms with E-state index >= 15 is 0 Å². The summed E-state index contributed by atoms with van der Waals surface area (Å²) in [7, 11) is 1.47. The molecule has 0 saturated carbocycles. The molecule has 1 aliphatic heterocycles. The highest BCUT2D eigenvalue weighted by molar-refractivity contribution is 6.51. The Morgan fingerprint density at radius 1 is 1.21 bits per heavy atom. The minimum atomic E-state index is -0.962. The van der Waals surface area contributed by atoms with Gasteiger partial charge in [0.1, 0.15) is 23.0 Å². The molecule has 0 spiro atoms. The monoisotopic (exact) mass is 482 g/mol. The summed E-state index contributed by atoms with van der Waals surface area (Å²) < 4.78 is 16.1. The van der Waals surface area contributed by atoms with Gasteiger partial charge in [0, 0.05) is 11.6 Å². The normalized spacial score (nSPS) is 17.3. The van der Waals surface area contributed by atoms with Crippen molar-refractivity contribution in [3.05, 3.63) is 76.0 Å². The first kappa shape index (κ1) is 23.4. The Kier molecular flexibility index (Phi) is 6.61. The number of Topliss-reactive ketones (excluding diaryl/α,β-unsaturated/α-hetero) is 1. The van der Waals surface area contributed by atoms with Gasteiger partial charge in [0.05, 0.1) is 30.4 Å². The van der Waals surface area contributed by atoms with Crippen LogP contribution in [0.4, 0.5) is 5.82 Å². The highest BCUT2D eigenvalue weighted by Crippen LogP contribution is 2.43. The molecule has 0 radical (unpaired) electrons. The first-order valence-corrected chi connectivity index (χ1v) is 11.0. The highest BCUT2D eigenvalue weighted by Gasteiger charge is 2.48. The maximum absolute atomic E-state index is 13.2. The fraction of sp³-hybridized carbons (Fsp3) is 0.240. The maximum atomic E-state index is 13.2. The molecule has 8 nitrogen and oxygen atoms in total. The molecule has 1 aliphatic rings. The van der Waals surface area contributed by atoms with Crippen molar-refractivity contribution >= 4 is 34.9 Å². The molecule has 176 valence electrons. The van der Waals surface area contributed by atoms with Crippen molar-refractivity contribution in [3.63, 3.8) is 0 Å². The minimum Gasteiger partial charge on any atom is -0.507 e. The van der Waals surface area contributed by atoms with Crippen molar-refractivity contribution in [3.8, 4) is 11.5 Å².